The molecule has 1 aromatic heterocycles. The lowest BCUT2D eigenvalue weighted by atomic mass is 10.2. The number of alkyl halides is 3. The molecule has 0 aliphatic carbocycles. The summed E-state index contributed by atoms with van der Waals surface area (Å²) < 4.78 is 42.3. The highest BCUT2D eigenvalue weighted by atomic mass is 19.4. The number of nitrogens with zero attached hydrogens (tertiary/aromatic N) is 5. The van der Waals surface area contributed by atoms with Crippen LogP contribution in [-0.2, 0) is 0 Å². The van der Waals surface area contributed by atoms with Gasteiger partial charge in [0, 0.05) is 30.0 Å². The van der Waals surface area contributed by atoms with E-state index in [1.807, 2.05) is 35.2 Å². The largest absolute Gasteiger partial charge is 0.573 e. The second-order valence-electron chi connectivity index (χ2n) is 7.91. The van der Waals surface area contributed by atoms with Crippen molar-refractivity contribution in [2.24, 2.45) is 4.99 Å². The molecule has 5 rings (SSSR count). The number of ether oxygens (including phenoxy) is 1. The lowest BCUT2D eigenvalue weighted by molar-refractivity contribution is -0.274. The standard InChI is InChI=1S/C25H20F3N7O2/c26-25(27,28)37-21-12-10-20(11-13-21)35-16-30-22(33-35)17-6-8-18(9-7-17)31-24(36)32-23-29-14-15-34(23)19-4-2-1-3-5-19/h1-13,16H,14-15H2,(H2,29,31,32,36). The van der Waals surface area contributed by atoms with E-state index in [0.29, 0.717) is 41.8 Å². The topological polar surface area (TPSA) is 96.7 Å². The highest BCUT2D eigenvalue weighted by Gasteiger charge is 2.31. The maximum atomic E-state index is 12.5. The zero-order chi connectivity index (χ0) is 25.8. The minimum Gasteiger partial charge on any atom is -0.406 e. The Hall–Kier alpha value is -4.87. The Morgan fingerprint density at radius 2 is 1.70 bits per heavy atom. The van der Waals surface area contributed by atoms with Gasteiger partial charge in [-0.3, -0.25) is 0 Å². The molecule has 0 radical (unpaired) electrons. The third-order valence-electron chi connectivity index (χ3n) is 5.37. The lowest BCUT2D eigenvalue weighted by Crippen LogP contribution is -2.31. The Labute approximate surface area is 209 Å². The van der Waals surface area contributed by atoms with Crippen LogP contribution in [0.25, 0.3) is 17.1 Å². The molecule has 2 heterocycles. The van der Waals surface area contributed by atoms with Crippen LogP contribution in [0, 0.1) is 0 Å². The Balaban J connectivity index is 1.23. The Bertz CT molecular complexity index is 1400. The smallest absolute Gasteiger partial charge is 0.406 e. The van der Waals surface area contributed by atoms with Gasteiger partial charge in [0.25, 0.3) is 0 Å². The van der Waals surface area contributed by atoms with E-state index >= 15 is 0 Å². The summed E-state index contributed by atoms with van der Waals surface area (Å²) in [5.41, 5.74) is 2.69. The Kier molecular flexibility index (Phi) is 6.45. The van der Waals surface area contributed by atoms with Gasteiger partial charge >= 0.3 is 12.4 Å². The minimum absolute atomic E-state index is 0.323. The van der Waals surface area contributed by atoms with Crippen molar-refractivity contribution in [1.82, 2.24) is 20.1 Å². The fraction of sp³-hybridized carbons (Fsp3) is 0.120. The molecule has 2 N–H and O–H groups in total. The van der Waals surface area contributed by atoms with Crippen molar-refractivity contribution in [3.05, 3.63) is 85.2 Å². The van der Waals surface area contributed by atoms with Crippen molar-refractivity contribution in [3.8, 4) is 22.8 Å². The van der Waals surface area contributed by atoms with Gasteiger partial charge in [0.2, 0.25) is 5.96 Å². The van der Waals surface area contributed by atoms with E-state index in [1.165, 1.54) is 35.3 Å². The van der Waals surface area contributed by atoms with Crippen LogP contribution in [0.15, 0.2) is 90.2 Å². The predicted octanol–water partition coefficient (Wildman–Crippen LogP) is 4.83. The average molecular weight is 507 g/mol. The quantitative estimate of drug-likeness (QED) is 0.402. The number of urea groups is 1. The third kappa shape index (κ3) is 5.86. The molecule has 188 valence electrons. The average Bonchev–Trinajstić information content (AvgIpc) is 3.55. The SMILES string of the molecule is O=C(/N=C1\NCCN1c1ccccc1)Nc1ccc(-c2ncn(-c3ccc(OC(F)(F)F)cc3)n2)cc1. The van der Waals surface area contributed by atoms with Crippen LogP contribution in [0.2, 0.25) is 0 Å². The van der Waals surface area contributed by atoms with Gasteiger partial charge in [-0.15, -0.1) is 18.3 Å². The molecular formula is C25H20F3N7O2. The summed E-state index contributed by atoms with van der Waals surface area (Å²) in [6.07, 6.45) is -3.30. The van der Waals surface area contributed by atoms with E-state index in [4.69, 9.17) is 0 Å². The van der Waals surface area contributed by atoms with E-state index in [9.17, 15) is 18.0 Å². The van der Waals surface area contributed by atoms with Gasteiger partial charge in [-0.05, 0) is 60.7 Å². The van der Waals surface area contributed by atoms with Gasteiger partial charge in [0.05, 0.1) is 5.69 Å². The van der Waals surface area contributed by atoms with Crippen LogP contribution in [-0.4, -0.2) is 46.2 Å². The maximum Gasteiger partial charge on any atom is 0.573 e. The third-order valence-corrected chi connectivity index (χ3v) is 5.37. The zero-order valence-corrected chi connectivity index (χ0v) is 19.2. The molecule has 0 spiro atoms. The first kappa shape index (κ1) is 23.9. The molecule has 0 atom stereocenters. The highest BCUT2D eigenvalue weighted by Crippen LogP contribution is 2.24. The van der Waals surface area contributed by atoms with Crippen molar-refractivity contribution >= 4 is 23.4 Å². The fourth-order valence-corrected chi connectivity index (χ4v) is 3.71. The van der Waals surface area contributed by atoms with Crippen molar-refractivity contribution < 1.29 is 22.7 Å². The van der Waals surface area contributed by atoms with Gasteiger partial charge in [-0.25, -0.2) is 14.5 Å². The molecule has 0 unspecified atom stereocenters. The summed E-state index contributed by atoms with van der Waals surface area (Å²) in [6.45, 7) is 1.39. The molecule has 3 aromatic carbocycles. The van der Waals surface area contributed by atoms with Crippen molar-refractivity contribution in [3.63, 3.8) is 0 Å². The Morgan fingerprint density at radius 3 is 2.41 bits per heavy atom. The number of benzene rings is 3. The number of anilines is 2. The lowest BCUT2D eigenvalue weighted by Gasteiger charge is -2.17. The van der Waals surface area contributed by atoms with Gasteiger partial charge in [0.1, 0.15) is 12.1 Å². The van der Waals surface area contributed by atoms with Crippen LogP contribution < -0.4 is 20.3 Å². The molecular weight excluding hydrogens is 487 g/mol. The summed E-state index contributed by atoms with van der Waals surface area (Å²) >= 11 is 0. The maximum absolute atomic E-state index is 12.5. The number of para-hydroxylation sites is 1. The van der Waals surface area contributed by atoms with Crippen LogP contribution in [0.3, 0.4) is 0 Å². The predicted molar refractivity (Wildman–Crippen MR) is 132 cm³/mol. The number of amides is 2. The number of carbonyl (C=O) groups is 1. The van der Waals surface area contributed by atoms with Crippen molar-refractivity contribution in [2.75, 3.05) is 23.3 Å². The molecule has 37 heavy (non-hydrogen) atoms. The highest BCUT2D eigenvalue weighted by molar-refractivity contribution is 6.06. The second-order valence-corrected chi connectivity index (χ2v) is 7.91. The molecule has 2 amide bonds. The van der Waals surface area contributed by atoms with E-state index in [1.54, 1.807) is 24.3 Å². The molecule has 12 heteroatoms. The van der Waals surface area contributed by atoms with E-state index in [0.717, 1.165) is 5.69 Å². The minimum atomic E-state index is -4.75. The van der Waals surface area contributed by atoms with E-state index in [2.05, 4.69) is 30.4 Å². The zero-order valence-electron chi connectivity index (χ0n) is 19.2. The molecule has 0 bridgehead atoms. The van der Waals surface area contributed by atoms with Crippen LogP contribution in [0.1, 0.15) is 0 Å². The van der Waals surface area contributed by atoms with Gasteiger partial charge in [0.15, 0.2) is 5.82 Å². The summed E-state index contributed by atoms with van der Waals surface area (Å²) in [6, 6.07) is 21.3. The number of guanidine groups is 1. The van der Waals surface area contributed by atoms with Crippen LogP contribution in [0.5, 0.6) is 5.75 Å². The normalized spacial score (nSPS) is 14.5. The summed E-state index contributed by atoms with van der Waals surface area (Å²) in [5.74, 6) is 0.561. The summed E-state index contributed by atoms with van der Waals surface area (Å²) in [4.78, 5) is 22.8. The Morgan fingerprint density at radius 1 is 0.973 bits per heavy atom. The number of aromatic nitrogens is 3. The van der Waals surface area contributed by atoms with Crippen molar-refractivity contribution in [1.29, 1.82) is 0 Å². The first-order valence-corrected chi connectivity index (χ1v) is 11.2. The summed E-state index contributed by atoms with van der Waals surface area (Å²) in [5, 5.41) is 10.2. The fourth-order valence-electron chi connectivity index (χ4n) is 3.71. The van der Waals surface area contributed by atoms with Crippen LogP contribution >= 0.6 is 0 Å². The van der Waals surface area contributed by atoms with E-state index in [-0.39, 0.29) is 5.75 Å². The van der Waals surface area contributed by atoms with Gasteiger partial charge in [-0.2, -0.15) is 4.99 Å². The van der Waals surface area contributed by atoms with E-state index < -0.39 is 12.4 Å². The number of rotatable bonds is 5. The molecule has 9 nitrogen and oxygen atoms in total. The molecule has 1 saturated heterocycles. The molecule has 1 fully saturated rings. The molecule has 0 saturated carbocycles. The number of halogens is 3. The van der Waals surface area contributed by atoms with Crippen molar-refractivity contribution in [2.45, 2.75) is 6.36 Å². The molecule has 1 aliphatic heterocycles. The number of hydrogen-bond donors (Lipinski definition) is 2. The second kappa shape index (κ2) is 10.0. The first-order valence-electron chi connectivity index (χ1n) is 11.2. The number of hydrogen-bond acceptors (Lipinski definition) is 4. The van der Waals surface area contributed by atoms with Gasteiger partial charge in [-0.1, -0.05) is 18.2 Å². The first-order chi connectivity index (χ1) is 17.8. The number of carbonyl (C=O) groups excluding carboxylic acids is 1. The number of aliphatic imine (C=N–C) groups is 1. The molecule has 4 aromatic rings. The van der Waals surface area contributed by atoms with Crippen LogP contribution in [0.4, 0.5) is 29.3 Å². The summed E-state index contributed by atoms with van der Waals surface area (Å²) in [7, 11) is 0. The monoisotopic (exact) mass is 507 g/mol. The molecule has 1 aliphatic rings. The van der Waals surface area contributed by atoms with Gasteiger partial charge < -0.3 is 20.3 Å². The number of nitrogens with one attached hydrogen (secondary N) is 2.